The number of nitrogens with zero attached hydrogens (tertiary/aromatic N) is 20. The molecule has 0 amide bonds. The van der Waals surface area contributed by atoms with Gasteiger partial charge in [-0.3, -0.25) is 9.80 Å². The lowest BCUT2D eigenvalue weighted by molar-refractivity contribution is -0.00389. The van der Waals surface area contributed by atoms with Crippen LogP contribution in [0, 0.1) is 0 Å². The molecular weight excluding hydrogens is 1790 g/mol. The van der Waals surface area contributed by atoms with E-state index in [2.05, 4.69) is 187 Å². The van der Waals surface area contributed by atoms with Crippen LogP contribution in [-0.4, -0.2) is 258 Å². The maximum atomic E-state index is 9.85. The molecule has 0 aliphatic carbocycles. The Morgan fingerprint density at radius 2 is 0.682 bits per heavy atom. The lowest BCUT2D eigenvalue weighted by Gasteiger charge is -2.38. The molecule has 0 unspecified atom stereocenters. The van der Waals surface area contributed by atoms with Gasteiger partial charge in [-0.25, -0.2) is 34.9 Å². The first-order chi connectivity index (χ1) is 61.4. The van der Waals surface area contributed by atoms with Crippen LogP contribution in [0.4, 0.5) is 46.5 Å². The first kappa shape index (κ1) is 100. The van der Waals surface area contributed by atoms with Crippen molar-refractivity contribution in [3.63, 3.8) is 0 Å². The number of aliphatic hydroxyl groups excluding tert-OH is 3. The number of aliphatic hydroxyl groups is 3. The number of hydrogen-bond acceptors (Lipinski definition) is 28. The zero-order valence-corrected chi connectivity index (χ0v) is 81.0. The molecule has 0 atom stereocenters. The van der Waals surface area contributed by atoms with Gasteiger partial charge < -0.3 is 99.4 Å². The molecule has 10 N–H and O–H groups in total. The molecule has 14 heterocycles. The number of benzene rings is 3. The van der Waals surface area contributed by atoms with E-state index in [1.165, 1.54) is 37.7 Å². The number of nitrogens with one attached hydrogen (secondary N) is 1. The summed E-state index contributed by atoms with van der Waals surface area (Å²) < 4.78 is 26.9. The molecular formula is C91H119Cl7N24O7. The topological polar surface area (TPSA) is 343 Å². The van der Waals surface area contributed by atoms with Crippen molar-refractivity contribution in [2.24, 2.45) is 0 Å². The highest BCUT2D eigenvalue weighted by molar-refractivity contribution is 6.34. The number of likely N-dealkylation sites (tertiary alicyclic amines) is 1. The summed E-state index contributed by atoms with van der Waals surface area (Å²) in [6, 6.07) is 27.9. The van der Waals surface area contributed by atoms with Gasteiger partial charge in [-0.15, -0.1) is 0 Å². The number of morpholine rings is 1. The molecule has 9 aromatic heterocycles. The number of fused-ring (bicyclic) bond motifs is 3. The predicted octanol–water partition coefficient (Wildman–Crippen LogP) is 15.3. The lowest BCUT2D eigenvalue weighted by atomic mass is 10.1. The summed E-state index contributed by atoms with van der Waals surface area (Å²) in [7, 11) is 8.82. The van der Waals surface area contributed by atoms with Crippen molar-refractivity contribution in [2.45, 2.75) is 112 Å². The third kappa shape index (κ3) is 27.3. The zero-order valence-electron chi connectivity index (χ0n) is 75.7. The monoisotopic (exact) mass is 1900 g/mol. The highest BCUT2D eigenvalue weighted by Crippen LogP contribution is 2.39. The fraction of sp³-hybridized carbons (Fsp3) is 0.440. The van der Waals surface area contributed by atoms with Gasteiger partial charge in [0.1, 0.15) is 66.4 Å². The van der Waals surface area contributed by atoms with Gasteiger partial charge in [0.2, 0.25) is 17.8 Å². The van der Waals surface area contributed by atoms with Gasteiger partial charge in [-0.05, 0) is 174 Å². The Hall–Kier alpha value is -9.52. The van der Waals surface area contributed by atoms with E-state index in [4.69, 9.17) is 132 Å². The number of nitrogen functional groups attached to an aromatic ring is 3. The number of hydrogen-bond donors (Lipinski definition) is 7. The van der Waals surface area contributed by atoms with Crippen LogP contribution in [0.5, 0.6) is 17.2 Å². The molecule has 12 aromatic rings. The van der Waals surface area contributed by atoms with E-state index < -0.39 is 0 Å². The van der Waals surface area contributed by atoms with Crippen LogP contribution >= 0.6 is 81.2 Å². The molecule has 5 aliphatic heterocycles. The molecule has 17 rings (SSSR count). The second-order valence-electron chi connectivity index (χ2n) is 34.3. The van der Waals surface area contributed by atoms with Crippen LogP contribution in [0.3, 0.4) is 0 Å². The van der Waals surface area contributed by atoms with Crippen molar-refractivity contribution >= 4 is 145 Å². The molecule has 0 saturated carbocycles. The van der Waals surface area contributed by atoms with Gasteiger partial charge in [0.25, 0.3) is 0 Å². The van der Waals surface area contributed by atoms with Gasteiger partial charge in [0, 0.05) is 216 Å². The molecule has 5 fully saturated rings. The van der Waals surface area contributed by atoms with Gasteiger partial charge in [-0.1, -0.05) is 81.2 Å². The number of pyridine rings is 3. The van der Waals surface area contributed by atoms with Gasteiger partial charge >= 0.3 is 0 Å². The molecule has 5 saturated heterocycles. The van der Waals surface area contributed by atoms with Crippen molar-refractivity contribution in [3.8, 4) is 51.0 Å². The maximum Gasteiger partial charge on any atom is 0.223 e. The number of aromatic nitrogens is 12. The molecule has 0 bridgehead atoms. The van der Waals surface area contributed by atoms with Crippen LogP contribution in [0.15, 0.2) is 128 Å². The summed E-state index contributed by atoms with van der Waals surface area (Å²) >= 11 is 41.9. The zero-order chi connectivity index (χ0) is 93.2. The second-order valence-corrected chi connectivity index (χ2v) is 37.1. The van der Waals surface area contributed by atoms with E-state index in [0.717, 1.165) is 184 Å². The Bertz CT molecular complexity index is 5400. The smallest absolute Gasteiger partial charge is 0.223 e. The van der Waals surface area contributed by atoms with Crippen LogP contribution in [0.1, 0.15) is 91.8 Å². The fourth-order valence-corrected chi connectivity index (χ4v) is 16.3. The molecule has 31 nitrogen and oxygen atoms in total. The highest BCUT2D eigenvalue weighted by Gasteiger charge is 2.28. The summed E-state index contributed by atoms with van der Waals surface area (Å²) in [5.41, 5.74) is 30.3. The molecule has 5 aliphatic rings. The van der Waals surface area contributed by atoms with E-state index >= 15 is 0 Å². The summed E-state index contributed by atoms with van der Waals surface area (Å²) in [4.78, 5) is 56.4. The van der Waals surface area contributed by atoms with Crippen LogP contribution in [0.25, 0.3) is 50.7 Å². The third-order valence-electron chi connectivity index (χ3n) is 22.7. The lowest BCUT2D eigenvalue weighted by Crippen LogP contribution is -2.47. The quantitative estimate of drug-likeness (QED) is 0.0497. The number of ether oxygens (including phenoxy) is 4. The Morgan fingerprint density at radius 3 is 0.953 bits per heavy atom. The maximum absolute atomic E-state index is 9.85. The average Bonchev–Trinajstić information content (AvgIpc) is 1.64. The number of methoxy groups -OCH3 is 3. The summed E-state index contributed by atoms with van der Waals surface area (Å²) in [6.07, 6.45) is 14.6. The van der Waals surface area contributed by atoms with Crippen LogP contribution in [-0.2, 0) is 24.6 Å². The summed E-state index contributed by atoms with van der Waals surface area (Å²) in [5.74, 6) is 3.50. The first-order valence-electron chi connectivity index (χ1n) is 42.6. The third-order valence-corrected chi connectivity index (χ3v) is 24.3. The average molecular weight is 1910 g/mol. The van der Waals surface area contributed by atoms with Crippen LogP contribution in [0.2, 0.25) is 35.7 Å². The number of anilines is 8. The Labute approximate surface area is 789 Å². The van der Waals surface area contributed by atoms with Crippen molar-refractivity contribution in [1.82, 2.24) is 78.1 Å². The van der Waals surface area contributed by atoms with E-state index in [0.29, 0.717) is 70.4 Å². The van der Waals surface area contributed by atoms with Gasteiger partial charge in [-0.2, -0.15) is 9.97 Å². The van der Waals surface area contributed by atoms with E-state index in [1.54, 1.807) is 69.9 Å². The molecule has 0 spiro atoms. The predicted molar refractivity (Wildman–Crippen MR) is 524 cm³/mol. The highest BCUT2D eigenvalue weighted by atomic mass is 35.5. The number of halogens is 7. The summed E-state index contributed by atoms with van der Waals surface area (Å²) in [5, 5.41) is 35.4. The van der Waals surface area contributed by atoms with Crippen molar-refractivity contribution < 1.29 is 34.3 Å². The minimum atomic E-state index is -0.143. The van der Waals surface area contributed by atoms with Crippen molar-refractivity contribution in [1.29, 1.82) is 0 Å². The SMILES string of the molecule is CC(C)(C)N1CCCC1.CC(C)(C)N1CCOCC1.CN(C)C(C)(C)C.COc1cc(CO)c(-c2cn3ccc(N4CCN(c5cc(Cl)nc(N)n5)CC4)cc3n2)cc1Cl.COc1cc(CO)c(-c2cn3ccc(N4CCN(c5cc(Cl)nc(N)n5)CC4)cc3n2)cc1Cl.COc1cc(CO)c(-c2cn3ccc(N4CCNCC4)cc3n2)cc1Cl.Nc1nc(Cl)cc(Cl)n1. The van der Waals surface area contributed by atoms with Gasteiger partial charge in [0.05, 0.1) is 86.5 Å². The number of imidazole rings is 3. The largest absolute Gasteiger partial charge is 0.495 e. The van der Waals surface area contributed by atoms with Crippen LogP contribution < -0.4 is 61.2 Å². The number of rotatable bonds is 14. The standard InChI is InChI=1S/2C23H23Cl2N7O2.C19H21ClN4O2.C8H17NO.C8H17N.C6H15N.C4H3Cl2N3/c2*1-34-19-8-14(13-33)16(10-17(19)24)18-12-32-3-2-15(9-21(32)27-18)30-4-6-31(7-5-30)22-11-20(25)28-23(26)29-22;1-26-18-8-13(12-25)15(10-16(18)20)17-11-24-5-2-14(9-19(24)22-17)23-6-3-21-4-7-23;1-8(2,3)9-4-6-10-7-5-9;1-8(2,3)9-6-4-5-7-9;1-6(2,3)7(4)5;5-2-1-3(6)9-4(7)8-2/h2*2-3,8-12,33H,4-7,13H2,1H3,(H2,26,28,29);2,5,8-11,21,25H,3-4,6-7,12H2,1H3;4-7H2,1-3H3;4-7H2,1-3H3;1-5H3;1H,(H2,7,8,9). The molecule has 694 valence electrons. The fourth-order valence-electron chi connectivity index (χ4n) is 14.8. The molecule has 38 heteroatoms. The molecule has 129 heavy (non-hydrogen) atoms. The minimum Gasteiger partial charge on any atom is -0.495 e. The van der Waals surface area contributed by atoms with Gasteiger partial charge in [0.15, 0.2) is 0 Å². The van der Waals surface area contributed by atoms with E-state index in [9.17, 15) is 15.3 Å². The Morgan fingerprint density at radius 1 is 0.388 bits per heavy atom. The Balaban J connectivity index is 0.000000158. The minimum absolute atomic E-state index is 0.0903. The van der Waals surface area contributed by atoms with Crippen molar-refractivity contribution in [2.75, 3.05) is 195 Å². The first-order valence-corrected chi connectivity index (χ1v) is 45.2. The number of nitrogens with two attached hydrogens (primary N) is 3. The Kier molecular flexibility index (Phi) is 35.3. The molecule has 0 radical (unpaired) electrons. The van der Waals surface area contributed by atoms with Crippen molar-refractivity contribution in [3.05, 3.63) is 181 Å². The van der Waals surface area contributed by atoms with E-state index in [-0.39, 0.29) is 48.0 Å². The number of piperazine rings is 3. The normalized spacial score (nSPS) is 15.2. The summed E-state index contributed by atoms with van der Waals surface area (Å²) in [6.45, 7) is 36.7. The van der Waals surface area contributed by atoms with E-state index in [1.807, 2.05) is 50.4 Å². The molecule has 3 aromatic carbocycles. The second kappa shape index (κ2) is 45.5.